The van der Waals surface area contributed by atoms with Crippen molar-refractivity contribution < 1.29 is 70.5 Å². The molecule has 1 atom stereocenters. The Morgan fingerprint density at radius 2 is 1.16 bits per heavy atom. The lowest BCUT2D eigenvalue weighted by Crippen LogP contribution is -2.38. The van der Waals surface area contributed by atoms with Crippen LogP contribution in [-0.4, -0.2) is 156 Å². The van der Waals surface area contributed by atoms with Gasteiger partial charge in [0.25, 0.3) is 5.91 Å². The lowest BCUT2D eigenvalue weighted by atomic mass is 9.78. The standard InChI is InChI=1S/C29H33N3O5S.C27H29N3O5S.C27H26N2O4.4H2/c1-37-24-13-11-22(12-14-24)29(17-2-3-18-29)28(34)31-27-8-4-7-26(30-27)21-9-15-25(16-10-21)38(35,36)32-19-5-6-23(32)20-33;1-30(2)15-14-28-36(32,33)22-9-6-19(7-10-22)23-5-3-4-21(29-23)17-26(31)27(12-13-27)20-8-11-24-25(16-20)35-18-34-24;1-17-11-21(28-15-22(17)18-5-4-6-19(12-18)26(31)29(2)3)14-25(30)27(9-10-27)20-7-8-23-24(13-20)33-16-32-23;;;;/h4,7-16,23,33H,2-3,5-6,17-20H2,1H3,(H,30,31,34);3-11,16,28H,12-15,17-18H2,1-2H3;4-8,11-13,15H,9-10,14,16H2,1-3H3;4*1H/t23-;;;;;;/m1....../s1. The number of Topliss-reactive ketones (excluding diaryl/α,β-unsaturated/α-hetero) is 2. The van der Waals surface area contributed by atoms with Crippen molar-refractivity contribution in [1.29, 1.82) is 0 Å². The van der Waals surface area contributed by atoms with Gasteiger partial charge in [0.2, 0.25) is 39.5 Å². The monoisotopic (exact) mass is 1490 g/mol. The molecule has 6 aromatic carbocycles. The molecular weight excluding hydrogens is 1400 g/mol. The zero-order valence-corrected chi connectivity index (χ0v) is 62.5. The van der Waals surface area contributed by atoms with Gasteiger partial charge < -0.3 is 43.9 Å². The number of hydrogen-bond acceptors (Lipinski definition) is 18. The molecule has 0 spiro atoms. The molecule has 15 rings (SSSR count). The van der Waals surface area contributed by atoms with Crippen LogP contribution in [0.15, 0.2) is 192 Å². The average Bonchev–Trinajstić information content (AvgIpc) is 1.60. The van der Waals surface area contributed by atoms with Crippen LogP contribution in [0.25, 0.3) is 33.6 Å². The van der Waals surface area contributed by atoms with E-state index in [4.69, 9.17) is 28.7 Å². The van der Waals surface area contributed by atoms with E-state index in [1.165, 1.54) is 4.31 Å². The highest BCUT2D eigenvalue weighted by molar-refractivity contribution is 7.89. The molecule has 1 saturated heterocycles. The Labute approximate surface area is 630 Å². The Morgan fingerprint density at radius 3 is 1.73 bits per heavy atom. The summed E-state index contributed by atoms with van der Waals surface area (Å²) in [5.74, 6) is 4.24. The molecule has 0 unspecified atom stereocenters. The van der Waals surface area contributed by atoms with E-state index >= 15 is 0 Å². The number of methoxy groups -OCH3 is 1. The molecule has 6 heterocycles. The molecule has 3 N–H and O–H groups in total. The number of amides is 2. The first-order chi connectivity index (χ1) is 51.5. The molecule has 3 aliphatic carbocycles. The number of sulfonamides is 2. The van der Waals surface area contributed by atoms with Gasteiger partial charge in [0, 0.05) is 98.2 Å². The summed E-state index contributed by atoms with van der Waals surface area (Å²) in [5, 5.41) is 12.6. The Balaban J connectivity index is 0.000000188. The summed E-state index contributed by atoms with van der Waals surface area (Å²) in [6, 6.07) is 52.6. The largest absolute Gasteiger partial charge is 0.497 e. The SMILES string of the molecule is CN(C)CCNS(=O)(=O)c1ccc(-c2cccc(CC(=O)C3(c4ccc5c(c4)OCO5)CC3)n2)cc1.COc1ccc(C2(C(=O)Nc3cccc(-c4ccc(S(=O)(=O)N5CCC[C@@H]5CO)cc4)n3)CCCC2)cc1.Cc1cc(CC(=O)C2(c3ccc4c(c3)OCO4)CC2)ncc1-c1cccc(C(=O)N(C)C)c1.[HH].[HH].[HH].[HH]. The van der Waals surface area contributed by atoms with Gasteiger partial charge in [0.05, 0.1) is 51.1 Å². The number of anilines is 1. The van der Waals surface area contributed by atoms with Crippen molar-refractivity contribution in [3.63, 3.8) is 0 Å². The molecule has 3 aliphatic heterocycles. The third-order valence-corrected chi connectivity index (χ3v) is 24.5. The Hall–Kier alpha value is -10.2. The number of aromatic nitrogens is 3. The van der Waals surface area contributed by atoms with Gasteiger partial charge in [0.15, 0.2) is 23.0 Å². The first-order valence-electron chi connectivity index (χ1n) is 36.0. The van der Waals surface area contributed by atoms with Crippen LogP contribution in [0.5, 0.6) is 28.7 Å². The third kappa shape index (κ3) is 16.4. The van der Waals surface area contributed by atoms with Crippen molar-refractivity contribution in [3.05, 3.63) is 221 Å². The highest BCUT2D eigenvalue weighted by atomic mass is 32.2. The van der Waals surface area contributed by atoms with Crippen molar-refractivity contribution >= 4 is 49.2 Å². The molecule has 9 aromatic rings. The van der Waals surface area contributed by atoms with E-state index in [0.29, 0.717) is 71.8 Å². The summed E-state index contributed by atoms with van der Waals surface area (Å²) >= 11 is 0. The van der Waals surface area contributed by atoms with Crippen LogP contribution in [-0.2, 0) is 63.5 Å². The first-order valence-corrected chi connectivity index (χ1v) is 39.0. The topological polar surface area (TPSA) is 275 Å². The van der Waals surface area contributed by atoms with Gasteiger partial charge in [-0.15, -0.1) is 0 Å². The fourth-order valence-electron chi connectivity index (χ4n) is 14.6. The molecule has 2 amide bonds. The number of nitrogens with one attached hydrogen (secondary N) is 2. The van der Waals surface area contributed by atoms with Crippen LogP contribution in [0.1, 0.15) is 114 Å². The number of aliphatic hydroxyl groups excluding tert-OH is 1. The molecule has 4 fully saturated rings. The number of aryl methyl sites for hydroxylation is 1. The number of hydrogen-bond donors (Lipinski definition) is 3. The summed E-state index contributed by atoms with van der Waals surface area (Å²) in [6.07, 6.45) is 10.5. The van der Waals surface area contributed by atoms with Gasteiger partial charge in [0.1, 0.15) is 23.1 Å². The third-order valence-electron chi connectivity index (χ3n) is 21.0. The summed E-state index contributed by atoms with van der Waals surface area (Å²) in [5.41, 5.74) is 9.22. The van der Waals surface area contributed by atoms with Crippen molar-refractivity contribution in [1.82, 2.24) is 33.8 Å². The van der Waals surface area contributed by atoms with Crippen LogP contribution < -0.4 is 33.7 Å². The number of carbonyl (C=O) groups excluding carboxylic acids is 4. The molecule has 3 saturated carbocycles. The van der Waals surface area contributed by atoms with E-state index in [1.54, 1.807) is 86.9 Å². The lowest BCUT2D eigenvalue weighted by molar-refractivity contribution is -0.122. The van der Waals surface area contributed by atoms with Crippen LogP contribution in [0.4, 0.5) is 5.82 Å². The Bertz CT molecular complexity index is 5050. The number of ether oxygens (including phenoxy) is 5. The van der Waals surface area contributed by atoms with Gasteiger partial charge in [-0.3, -0.25) is 29.1 Å². The van der Waals surface area contributed by atoms with Crippen LogP contribution in [0.3, 0.4) is 0 Å². The number of carbonyl (C=O) groups is 4. The van der Waals surface area contributed by atoms with E-state index in [1.807, 2.05) is 147 Å². The van der Waals surface area contributed by atoms with E-state index in [2.05, 4.69) is 20.0 Å². The van der Waals surface area contributed by atoms with Crippen LogP contribution >= 0.6 is 0 Å². The van der Waals surface area contributed by atoms with E-state index in [-0.39, 0.29) is 78.0 Å². The fraction of sp³-hybridized carbons (Fsp3) is 0.337. The molecule has 0 radical (unpaired) electrons. The fourth-order valence-corrected chi connectivity index (χ4v) is 17.3. The van der Waals surface area contributed by atoms with Gasteiger partial charge in [-0.05, 0) is 203 Å². The molecule has 107 heavy (non-hydrogen) atoms. The Kier molecular flexibility index (Phi) is 22.2. The van der Waals surface area contributed by atoms with Crippen molar-refractivity contribution in [2.45, 2.75) is 116 Å². The molecule has 22 nitrogen and oxygen atoms in total. The number of aliphatic hydroxyl groups is 1. The highest BCUT2D eigenvalue weighted by Crippen LogP contribution is 2.53. The van der Waals surface area contributed by atoms with Gasteiger partial charge in [-0.2, -0.15) is 4.31 Å². The summed E-state index contributed by atoms with van der Waals surface area (Å²) in [4.78, 5) is 70.4. The molecule has 0 bridgehead atoms. The Morgan fingerprint density at radius 1 is 0.598 bits per heavy atom. The van der Waals surface area contributed by atoms with Gasteiger partial charge >= 0.3 is 0 Å². The first kappa shape index (κ1) is 75.0. The predicted octanol–water partition coefficient (Wildman–Crippen LogP) is 12.8. The molecule has 3 aromatic heterocycles. The lowest BCUT2D eigenvalue weighted by Gasteiger charge is -2.28. The van der Waals surface area contributed by atoms with E-state index < -0.39 is 36.3 Å². The zero-order chi connectivity index (χ0) is 75.3. The number of rotatable bonds is 24. The minimum absolute atomic E-state index is 0. The number of ketones is 2. The average molecular weight is 1490 g/mol. The quantitative estimate of drug-likeness (QED) is 0.0507. The number of fused-ring (bicyclic) bond motifs is 2. The van der Waals surface area contributed by atoms with Gasteiger partial charge in [-0.25, -0.2) is 26.5 Å². The molecule has 6 aliphatic rings. The highest BCUT2D eigenvalue weighted by Gasteiger charge is 2.52. The second kappa shape index (κ2) is 31.7. The number of likely N-dealkylation sites (N-methyl/N-ethyl adjacent to an activating group) is 1. The summed E-state index contributed by atoms with van der Waals surface area (Å²) in [7, 11) is 1.62. The second-order valence-electron chi connectivity index (χ2n) is 28.5. The maximum Gasteiger partial charge on any atom is 0.253 e. The summed E-state index contributed by atoms with van der Waals surface area (Å²) < 4.78 is 82.3. The smallest absolute Gasteiger partial charge is 0.253 e. The second-order valence-corrected chi connectivity index (χ2v) is 32.2. The number of pyridine rings is 3. The van der Waals surface area contributed by atoms with Crippen LogP contribution in [0, 0.1) is 6.92 Å². The maximum absolute atomic E-state index is 13.6. The van der Waals surface area contributed by atoms with E-state index in [0.717, 1.165) is 119 Å². The molecule has 564 valence electrons. The van der Waals surface area contributed by atoms with Gasteiger partial charge in [-0.1, -0.05) is 85.6 Å². The zero-order valence-electron chi connectivity index (χ0n) is 60.9. The van der Waals surface area contributed by atoms with E-state index in [9.17, 15) is 41.1 Å². The number of benzene rings is 6. The normalized spacial score (nSPS) is 16.9. The van der Waals surface area contributed by atoms with Crippen molar-refractivity contribution in [3.8, 4) is 62.4 Å². The van der Waals surface area contributed by atoms with Crippen LogP contribution in [0.2, 0.25) is 0 Å². The predicted molar refractivity (Wildman–Crippen MR) is 414 cm³/mol. The molecule has 24 heteroatoms. The van der Waals surface area contributed by atoms with Crippen molar-refractivity contribution in [2.24, 2.45) is 0 Å². The summed E-state index contributed by atoms with van der Waals surface area (Å²) in [6.45, 7) is 3.62. The number of nitrogens with zero attached hydrogens (tertiary/aromatic N) is 6. The van der Waals surface area contributed by atoms with Crippen molar-refractivity contribution in [2.75, 3.05) is 80.4 Å². The maximum atomic E-state index is 13.6. The minimum atomic E-state index is -3.68. The minimum Gasteiger partial charge on any atom is -0.497 e. The molecular formula is C83H96N8O14S2.